The monoisotopic (exact) mass is 306 g/mol. The maximum Gasteiger partial charge on any atom is 0.222 e. The average Bonchev–Trinajstić information content (AvgIpc) is 2.51. The highest BCUT2D eigenvalue weighted by molar-refractivity contribution is 5.75. The maximum absolute atomic E-state index is 11.6. The predicted molar refractivity (Wildman–Crippen MR) is 91.3 cm³/mol. The fourth-order valence-electron chi connectivity index (χ4n) is 2.58. The van der Waals surface area contributed by atoms with Crippen LogP contribution in [0.5, 0.6) is 5.75 Å². The van der Waals surface area contributed by atoms with E-state index in [4.69, 9.17) is 4.74 Å². The van der Waals surface area contributed by atoms with Gasteiger partial charge in [-0.05, 0) is 50.6 Å². The lowest BCUT2D eigenvalue weighted by Crippen LogP contribution is -2.36. The van der Waals surface area contributed by atoms with Gasteiger partial charge >= 0.3 is 0 Å². The second-order valence-corrected chi connectivity index (χ2v) is 5.92. The zero-order chi connectivity index (χ0) is 16.5. The summed E-state index contributed by atoms with van der Waals surface area (Å²) in [5.74, 6) is 1.10. The maximum atomic E-state index is 11.6. The van der Waals surface area contributed by atoms with E-state index in [-0.39, 0.29) is 5.91 Å². The third-order valence-corrected chi connectivity index (χ3v) is 4.05. The number of nitrogens with zero attached hydrogens (tertiary/aromatic N) is 2. The standard InChI is InChI=1S/C18H30N2O2/c1-6-20(13-7-8-18(21)19(3)4)15(2)14-16-9-11-17(22-5)12-10-16/h9-12,15H,6-8,13-14H2,1-5H3. The number of carbonyl (C=O) groups is 1. The Morgan fingerprint density at radius 3 is 2.36 bits per heavy atom. The van der Waals surface area contributed by atoms with Crippen LogP contribution in [0.1, 0.15) is 32.3 Å². The second kappa shape index (κ2) is 9.46. The molecular formula is C18H30N2O2. The average molecular weight is 306 g/mol. The molecule has 0 aromatic heterocycles. The van der Waals surface area contributed by atoms with Gasteiger partial charge < -0.3 is 14.5 Å². The minimum Gasteiger partial charge on any atom is -0.497 e. The van der Waals surface area contributed by atoms with E-state index in [0.29, 0.717) is 12.5 Å². The van der Waals surface area contributed by atoms with Gasteiger partial charge in [-0.1, -0.05) is 19.1 Å². The largest absolute Gasteiger partial charge is 0.497 e. The van der Waals surface area contributed by atoms with E-state index < -0.39 is 0 Å². The normalized spacial score (nSPS) is 12.3. The minimum atomic E-state index is 0.207. The summed E-state index contributed by atoms with van der Waals surface area (Å²) >= 11 is 0. The molecule has 22 heavy (non-hydrogen) atoms. The van der Waals surface area contributed by atoms with E-state index in [0.717, 1.165) is 31.7 Å². The predicted octanol–water partition coefficient (Wildman–Crippen LogP) is 2.82. The van der Waals surface area contributed by atoms with E-state index in [2.05, 4.69) is 30.9 Å². The zero-order valence-corrected chi connectivity index (χ0v) is 14.6. The van der Waals surface area contributed by atoms with Gasteiger partial charge in [-0.3, -0.25) is 4.79 Å². The smallest absolute Gasteiger partial charge is 0.222 e. The molecule has 0 fully saturated rings. The number of ether oxygens (including phenoxy) is 1. The number of likely N-dealkylation sites (N-methyl/N-ethyl adjacent to an activating group) is 1. The van der Waals surface area contributed by atoms with Gasteiger partial charge in [0.25, 0.3) is 0 Å². The Bertz CT molecular complexity index is 443. The summed E-state index contributed by atoms with van der Waals surface area (Å²) in [6.07, 6.45) is 2.55. The van der Waals surface area contributed by atoms with Crippen molar-refractivity contribution in [1.82, 2.24) is 9.80 Å². The highest BCUT2D eigenvalue weighted by atomic mass is 16.5. The van der Waals surface area contributed by atoms with Crippen LogP contribution in [0.15, 0.2) is 24.3 Å². The lowest BCUT2D eigenvalue weighted by Gasteiger charge is -2.28. The molecule has 0 saturated heterocycles. The Morgan fingerprint density at radius 1 is 1.23 bits per heavy atom. The molecule has 0 spiro atoms. The molecule has 1 aromatic rings. The molecule has 0 N–H and O–H groups in total. The first-order chi connectivity index (χ1) is 10.5. The molecule has 124 valence electrons. The number of hydrogen-bond donors (Lipinski definition) is 0. The quantitative estimate of drug-likeness (QED) is 0.703. The Balaban J connectivity index is 2.45. The zero-order valence-electron chi connectivity index (χ0n) is 14.6. The van der Waals surface area contributed by atoms with Crippen LogP contribution in [0.2, 0.25) is 0 Å². The molecule has 1 rings (SSSR count). The van der Waals surface area contributed by atoms with Crippen LogP contribution in [0.4, 0.5) is 0 Å². The first-order valence-electron chi connectivity index (χ1n) is 8.05. The summed E-state index contributed by atoms with van der Waals surface area (Å²) < 4.78 is 5.19. The summed E-state index contributed by atoms with van der Waals surface area (Å²) in [6.45, 7) is 6.40. The van der Waals surface area contributed by atoms with E-state index in [1.165, 1.54) is 5.56 Å². The van der Waals surface area contributed by atoms with Crippen molar-refractivity contribution >= 4 is 5.91 Å². The molecule has 0 radical (unpaired) electrons. The minimum absolute atomic E-state index is 0.207. The first kappa shape index (κ1) is 18.5. The van der Waals surface area contributed by atoms with E-state index in [1.807, 2.05) is 26.2 Å². The molecule has 0 bridgehead atoms. The van der Waals surface area contributed by atoms with Gasteiger partial charge in [-0.2, -0.15) is 0 Å². The van der Waals surface area contributed by atoms with Crippen LogP contribution in [-0.4, -0.2) is 56.0 Å². The molecule has 0 aliphatic carbocycles. The fraction of sp³-hybridized carbons (Fsp3) is 0.611. The van der Waals surface area contributed by atoms with Crippen molar-refractivity contribution in [2.45, 2.75) is 39.2 Å². The van der Waals surface area contributed by atoms with Gasteiger partial charge in [0, 0.05) is 26.6 Å². The van der Waals surface area contributed by atoms with Crippen molar-refractivity contribution in [1.29, 1.82) is 0 Å². The molecule has 1 aromatic carbocycles. The number of rotatable bonds is 9. The van der Waals surface area contributed by atoms with Crippen molar-refractivity contribution in [2.24, 2.45) is 0 Å². The van der Waals surface area contributed by atoms with Gasteiger partial charge in [0.1, 0.15) is 5.75 Å². The van der Waals surface area contributed by atoms with Crippen molar-refractivity contribution in [2.75, 3.05) is 34.3 Å². The highest BCUT2D eigenvalue weighted by Crippen LogP contribution is 2.15. The van der Waals surface area contributed by atoms with Crippen molar-refractivity contribution in [3.05, 3.63) is 29.8 Å². The highest BCUT2D eigenvalue weighted by Gasteiger charge is 2.13. The van der Waals surface area contributed by atoms with Crippen molar-refractivity contribution in [3.63, 3.8) is 0 Å². The molecule has 4 heteroatoms. The molecule has 4 nitrogen and oxygen atoms in total. The van der Waals surface area contributed by atoms with Crippen LogP contribution in [0, 0.1) is 0 Å². The number of benzene rings is 1. The van der Waals surface area contributed by atoms with Gasteiger partial charge in [0.05, 0.1) is 7.11 Å². The Morgan fingerprint density at radius 2 is 1.86 bits per heavy atom. The topological polar surface area (TPSA) is 32.8 Å². The van der Waals surface area contributed by atoms with Crippen LogP contribution in [0.25, 0.3) is 0 Å². The number of methoxy groups -OCH3 is 1. The van der Waals surface area contributed by atoms with Crippen LogP contribution < -0.4 is 4.74 Å². The van der Waals surface area contributed by atoms with Crippen molar-refractivity contribution in [3.8, 4) is 5.75 Å². The lowest BCUT2D eigenvalue weighted by molar-refractivity contribution is -0.128. The molecule has 1 amide bonds. The fourth-order valence-corrected chi connectivity index (χ4v) is 2.58. The van der Waals surface area contributed by atoms with Gasteiger partial charge in [0.2, 0.25) is 5.91 Å². The van der Waals surface area contributed by atoms with Crippen LogP contribution in [0.3, 0.4) is 0 Å². The molecule has 1 atom stereocenters. The number of carbonyl (C=O) groups excluding carboxylic acids is 1. The second-order valence-electron chi connectivity index (χ2n) is 5.92. The van der Waals surface area contributed by atoms with E-state index in [1.54, 1.807) is 12.0 Å². The number of amides is 1. The molecule has 0 aliphatic heterocycles. The molecule has 0 saturated carbocycles. The summed E-state index contributed by atoms with van der Waals surface area (Å²) in [5.41, 5.74) is 1.32. The summed E-state index contributed by atoms with van der Waals surface area (Å²) in [4.78, 5) is 15.7. The SMILES string of the molecule is CCN(CCCC(=O)N(C)C)C(C)Cc1ccc(OC)cc1. The molecule has 0 heterocycles. The van der Waals surface area contributed by atoms with Crippen molar-refractivity contribution < 1.29 is 9.53 Å². The van der Waals surface area contributed by atoms with Gasteiger partial charge in [0.15, 0.2) is 0 Å². The Hall–Kier alpha value is -1.55. The molecule has 0 aliphatic rings. The lowest BCUT2D eigenvalue weighted by atomic mass is 10.1. The van der Waals surface area contributed by atoms with E-state index in [9.17, 15) is 4.79 Å². The summed E-state index contributed by atoms with van der Waals surface area (Å²) in [5, 5.41) is 0. The van der Waals surface area contributed by atoms with E-state index >= 15 is 0 Å². The Labute approximate surface area is 135 Å². The van der Waals surface area contributed by atoms with Gasteiger partial charge in [-0.25, -0.2) is 0 Å². The third-order valence-electron chi connectivity index (χ3n) is 4.05. The van der Waals surface area contributed by atoms with Crippen LogP contribution >= 0.6 is 0 Å². The molecular weight excluding hydrogens is 276 g/mol. The number of hydrogen-bond acceptors (Lipinski definition) is 3. The summed E-state index contributed by atoms with van der Waals surface area (Å²) in [7, 11) is 5.31. The van der Waals surface area contributed by atoms with Crippen LogP contribution in [-0.2, 0) is 11.2 Å². The third kappa shape index (κ3) is 6.06. The van der Waals surface area contributed by atoms with Gasteiger partial charge in [-0.15, -0.1) is 0 Å². The molecule has 1 unspecified atom stereocenters. The first-order valence-corrected chi connectivity index (χ1v) is 8.05. The Kier molecular flexibility index (Phi) is 7.96. The summed E-state index contributed by atoms with van der Waals surface area (Å²) in [6, 6.07) is 8.73.